The molecule has 0 unspecified atom stereocenters. The molecule has 0 aromatic heterocycles. The highest BCUT2D eigenvalue weighted by atomic mass is 79.9. The molecule has 0 amide bonds. The molecule has 1 rings (SSSR count). The molecule has 0 radical (unpaired) electrons. The third-order valence-electron chi connectivity index (χ3n) is 2.52. The van der Waals surface area contributed by atoms with Crippen molar-refractivity contribution in [3.8, 4) is 0 Å². The zero-order valence-electron chi connectivity index (χ0n) is 10.3. The van der Waals surface area contributed by atoms with Crippen LogP contribution in [0.3, 0.4) is 0 Å². The number of aryl methyl sites for hydroxylation is 1. The van der Waals surface area contributed by atoms with Crippen LogP contribution < -0.4 is 0 Å². The number of nitrogens with zero attached hydrogens (tertiary/aromatic N) is 1. The van der Waals surface area contributed by atoms with Gasteiger partial charge in [0, 0.05) is 22.0 Å². The van der Waals surface area contributed by atoms with Gasteiger partial charge in [0.1, 0.15) is 0 Å². The Morgan fingerprint density at radius 2 is 1.94 bits per heavy atom. The van der Waals surface area contributed by atoms with Crippen LogP contribution in [0, 0.1) is 6.92 Å². The van der Waals surface area contributed by atoms with Gasteiger partial charge in [0.2, 0.25) is 10.0 Å². The average Bonchev–Trinajstić information content (AvgIpc) is 2.30. The molecular weight excluding hydrogens is 382 g/mol. The van der Waals surface area contributed by atoms with E-state index >= 15 is 0 Å². The molecule has 18 heavy (non-hydrogen) atoms. The van der Waals surface area contributed by atoms with E-state index < -0.39 is 10.0 Å². The molecule has 0 atom stereocenters. The van der Waals surface area contributed by atoms with Gasteiger partial charge in [-0.3, -0.25) is 0 Å². The third-order valence-corrected chi connectivity index (χ3v) is 6.27. The lowest BCUT2D eigenvalue weighted by Gasteiger charge is -2.20. The van der Waals surface area contributed by atoms with E-state index in [4.69, 9.17) is 0 Å². The highest BCUT2D eigenvalue weighted by Crippen LogP contribution is 2.30. The van der Waals surface area contributed by atoms with Crippen LogP contribution in [0.5, 0.6) is 0 Å². The van der Waals surface area contributed by atoms with Crippen molar-refractivity contribution < 1.29 is 8.42 Å². The summed E-state index contributed by atoms with van der Waals surface area (Å²) >= 11 is 6.67. The number of likely N-dealkylation sites (N-methyl/N-ethyl adjacent to an activating group) is 1. The molecule has 1 aromatic rings. The zero-order chi connectivity index (χ0) is 13.9. The second-order valence-electron chi connectivity index (χ2n) is 3.78. The van der Waals surface area contributed by atoms with Crippen molar-refractivity contribution in [1.82, 2.24) is 4.31 Å². The zero-order valence-corrected chi connectivity index (χ0v) is 14.3. The van der Waals surface area contributed by atoms with Crippen molar-refractivity contribution in [2.24, 2.45) is 0 Å². The number of halogens is 2. The molecule has 3 nitrogen and oxygen atoms in total. The lowest BCUT2D eigenvalue weighted by molar-refractivity contribution is 0.459. The summed E-state index contributed by atoms with van der Waals surface area (Å²) in [4.78, 5) is 0.267. The van der Waals surface area contributed by atoms with Gasteiger partial charge >= 0.3 is 0 Å². The topological polar surface area (TPSA) is 37.4 Å². The molecule has 100 valence electrons. The first kappa shape index (κ1) is 15.9. The minimum Gasteiger partial charge on any atom is -0.207 e. The van der Waals surface area contributed by atoms with Crippen molar-refractivity contribution >= 4 is 41.9 Å². The third kappa shape index (κ3) is 3.23. The Bertz CT molecular complexity index is 555. The molecular formula is C12H15Br2NO2S. The molecule has 0 fully saturated rings. The Kier molecular flexibility index (Phi) is 5.58. The number of hydrogen-bond donors (Lipinski definition) is 0. The van der Waals surface area contributed by atoms with Gasteiger partial charge in [-0.25, -0.2) is 8.42 Å². The predicted molar refractivity (Wildman–Crippen MR) is 81.2 cm³/mol. The van der Waals surface area contributed by atoms with Gasteiger partial charge in [0.05, 0.1) is 4.90 Å². The Morgan fingerprint density at radius 3 is 2.44 bits per heavy atom. The van der Waals surface area contributed by atoms with Crippen molar-refractivity contribution in [1.29, 1.82) is 0 Å². The number of benzene rings is 1. The number of rotatable bonds is 5. The summed E-state index contributed by atoms with van der Waals surface area (Å²) in [6, 6.07) is 3.42. The van der Waals surface area contributed by atoms with Crippen LogP contribution in [-0.2, 0) is 10.0 Å². The second kappa shape index (κ2) is 6.32. The standard InChI is InChI=1S/C12H15Br2NO2S/c1-4-6-15(5-2)18(16,17)12-8-10(13)9(3)7-11(12)14/h4,7-8H,1,5-6H2,2-3H3. The monoisotopic (exact) mass is 395 g/mol. The molecule has 0 aliphatic carbocycles. The summed E-state index contributed by atoms with van der Waals surface area (Å²) in [5, 5.41) is 0. The number of sulfonamides is 1. The second-order valence-corrected chi connectivity index (χ2v) is 7.39. The Hall–Kier alpha value is -0.170. The molecule has 6 heteroatoms. The molecule has 0 saturated carbocycles. The summed E-state index contributed by atoms with van der Waals surface area (Å²) in [6.45, 7) is 8.01. The van der Waals surface area contributed by atoms with Crippen molar-refractivity contribution in [3.05, 3.63) is 39.3 Å². The molecule has 0 spiro atoms. The van der Waals surface area contributed by atoms with Crippen LogP contribution in [0.15, 0.2) is 38.6 Å². The molecule has 1 aromatic carbocycles. The van der Waals surface area contributed by atoms with Crippen LogP contribution in [-0.4, -0.2) is 25.8 Å². The maximum Gasteiger partial charge on any atom is 0.244 e. The summed E-state index contributed by atoms with van der Waals surface area (Å²) in [7, 11) is -3.50. The van der Waals surface area contributed by atoms with Gasteiger partial charge in [-0.1, -0.05) is 28.9 Å². The van der Waals surface area contributed by atoms with Crippen LogP contribution in [0.4, 0.5) is 0 Å². The fourth-order valence-electron chi connectivity index (χ4n) is 1.51. The minimum absolute atomic E-state index is 0.267. The van der Waals surface area contributed by atoms with Gasteiger partial charge < -0.3 is 0 Å². The lowest BCUT2D eigenvalue weighted by atomic mass is 10.2. The highest BCUT2D eigenvalue weighted by Gasteiger charge is 2.25. The molecule has 0 heterocycles. The van der Waals surface area contributed by atoms with Gasteiger partial charge in [-0.05, 0) is 40.5 Å². The van der Waals surface area contributed by atoms with Gasteiger partial charge in [-0.2, -0.15) is 4.31 Å². The summed E-state index contributed by atoms with van der Waals surface area (Å²) in [5.74, 6) is 0. The quantitative estimate of drug-likeness (QED) is 0.711. The van der Waals surface area contributed by atoms with Gasteiger partial charge in [-0.15, -0.1) is 6.58 Å². The molecule has 0 aliphatic heterocycles. The predicted octanol–water partition coefficient (Wildman–Crippen LogP) is 3.72. The highest BCUT2D eigenvalue weighted by molar-refractivity contribution is 9.11. The van der Waals surface area contributed by atoms with Crippen LogP contribution >= 0.6 is 31.9 Å². The van der Waals surface area contributed by atoms with Crippen LogP contribution in [0.1, 0.15) is 12.5 Å². The van der Waals surface area contributed by atoms with E-state index in [1.165, 1.54) is 4.31 Å². The fraction of sp³-hybridized carbons (Fsp3) is 0.333. The fourth-order valence-corrected chi connectivity index (χ4v) is 4.56. The van der Waals surface area contributed by atoms with E-state index in [9.17, 15) is 8.42 Å². The van der Waals surface area contributed by atoms with E-state index in [1.807, 2.05) is 6.92 Å². The largest absolute Gasteiger partial charge is 0.244 e. The van der Waals surface area contributed by atoms with E-state index in [0.29, 0.717) is 17.6 Å². The smallest absolute Gasteiger partial charge is 0.207 e. The first-order valence-corrected chi connectivity index (χ1v) is 8.43. The van der Waals surface area contributed by atoms with Crippen LogP contribution in [0.2, 0.25) is 0 Å². The lowest BCUT2D eigenvalue weighted by Crippen LogP contribution is -2.31. The van der Waals surface area contributed by atoms with E-state index in [2.05, 4.69) is 38.4 Å². The van der Waals surface area contributed by atoms with Crippen molar-refractivity contribution in [3.63, 3.8) is 0 Å². The summed E-state index contributed by atoms with van der Waals surface area (Å²) < 4.78 is 27.7. The van der Waals surface area contributed by atoms with E-state index in [1.54, 1.807) is 25.1 Å². The summed E-state index contributed by atoms with van der Waals surface area (Å²) in [6.07, 6.45) is 1.58. The molecule has 0 N–H and O–H groups in total. The van der Waals surface area contributed by atoms with E-state index in [-0.39, 0.29) is 4.90 Å². The molecule has 0 bridgehead atoms. The maximum atomic E-state index is 12.5. The first-order chi connectivity index (χ1) is 8.34. The Morgan fingerprint density at radius 1 is 1.33 bits per heavy atom. The Balaban J connectivity index is 3.36. The van der Waals surface area contributed by atoms with Gasteiger partial charge in [0.15, 0.2) is 0 Å². The molecule has 0 saturated heterocycles. The maximum absolute atomic E-state index is 12.5. The van der Waals surface area contributed by atoms with Crippen LogP contribution in [0.25, 0.3) is 0 Å². The van der Waals surface area contributed by atoms with E-state index in [0.717, 1.165) is 10.0 Å². The number of hydrogen-bond acceptors (Lipinski definition) is 2. The van der Waals surface area contributed by atoms with Crippen molar-refractivity contribution in [2.75, 3.05) is 13.1 Å². The van der Waals surface area contributed by atoms with Gasteiger partial charge in [0.25, 0.3) is 0 Å². The normalized spacial score (nSPS) is 11.8. The summed E-state index contributed by atoms with van der Waals surface area (Å²) in [5.41, 5.74) is 0.979. The SMILES string of the molecule is C=CCN(CC)S(=O)(=O)c1cc(Br)c(C)cc1Br. The Labute approximate surface area is 125 Å². The average molecular weight is 397 g/mol. The molecule has 0 aliphatic rings. The minimum atomic E-state index is -3.50. The first-order valence-electron chi connectivity index (χ1n) is 5.41. The van der Waals surface area contributed by atoms with Crippen molar-refractivity contribution in [2.45, 2.75) is 18.7 Å².